The molecule has 0 saturated carbocycles. The predicted octanol–water partition coefficient (Wildman–Crippen LogP) is 3.05. The fourth-order valence-corrected chi connectivity index (χ4v) is 1.35. The van der Waals surface area contributed by atoms with E-state index in [1.165, 1.54) is 0 Å². The van der Waals surface area contributed by atoms with Gasteiger partial charge in [0.25, 0.3) is 0 Å². The van der Waals surface area contributed by atoms with Crippen LogP contribution in [0.3, 0.4) is 0 Å². The molecule has 0 aliphatic rings. The molecule has 0 aliphatic heterocycles. The highest BCUT2D eigenvalue weighted by Gasteiger charge is 2.08. The van der Waals surface area contributed by atoms with Crippen LogP contribution in [-0.2, 0) is 0 Å². The second-order valence-electron chi connectivity index (χ2n) is 3.88. The van der Waals surface area contributed by atoms with Crippen molar-refractivity contribution >= 4 is 17.4 Å². The molecule has 88 valence electrons. The van der Waals surface area contributed by atoms with Gasteiger partial charge in [0.05, 0.1) is 12.2 Å². The Morgan fingerprint density at radius 3 is 2.81 bits per heavy atom. The van der Waals surface area contributed by atoms with Crippen LogP contribution in [0, 0.1) is 11.3 Å². The molecule has 1 rings (SSSR count). The van der Waals surface area contributed by atoms with Gasteiger partial charge in [0.15, 0.2) is 0 Å². The Hall–Kier alpha value is -1.22. The van der Waals surface area contributed by atoms with Crippen LogP contribution in [0.5, 0.6) is 5.75 Å². The van der Waals surface area contributed by atoms with Gasteiger partial charge >= 0.3 is 0 Å². The molecule has 1 unspecified atom stereocenters. The molecule has 1 aromatic carbocycles. The second kappa shape index (κ2) is 5.75. The van der Waals surface area contributed by atoms with E-state index >= 15 is 0 Å². The summed E-state index contributed by atoms with van der Waals surface area (Å²) in [6.07, 6.45) is 1.05. The highest BCUT2D eigenvalue weighted by Crippen LogP contribution is 2.23. The third-order valence-electron chi connectivity index (χ3n) is 2.45. The van der Waals surface area contributed by atoms with E-state index in [9.17, 15) is 0 Å². The summed E-state index contributed by atoms with van der Waals surface area (Å²) in [5, 5.41) is 8.02. The van der Waals surface area contributed by atoms with Gasteiger partial charge in [-0.05, 0) is 24.1 Å². The zero-order chi connectivity index (χ0) is 12.1. The maximum Gasteiger partial charge on any atom is 0.131 e. The summed E-state index contributed by atoms with van der Waals surface area (Å²) in [5.74, 6) is 1.05. The van der Waals surface area contributed by atoms with E-state index < -0.39 is 0 Å². The molecule has 0 amide bonds. The third-order valence-corrected chi connectivity index (χ3v) is 2.69. The van der Waals surface area contributed by atoms with Crippen molar-refractivity contribution in [2.75, 3.05) is 6.61 Å². The lowest BCUT2D eigenvalue weighted by Crippen LogP contribution is -2.15. The molecular formula is C12H17ClN2O. The van der Waals surface area contributed by atoms with Gasteiger partial charge in [-0.25, -0.2) is 0 Å². The minimum Gasteiger partial charge on any atom is -0.492 e. The molecule has 0 heterocycles. The van der Waals surface area contributed by atoms with Crippen molar-refractivity contribution in [1.29, 1.82) is 5.41 Å². The van der Waals surface area contributed by atoms with Crippen molar-refractivity contribution in [3.8, 4) is 5.75 Å². The Morgan fingerprint density at radius 1 is 1.56 bits per heavy atom. The van der Waals surface area contributed by atoms with Gasteiger partial charge in [-0.3, -0.25) is 5.41 Å². The highest BCUT2D eigenvalue weighted by atomic mass is 35.5. The van der Waals surface area contributed by atoms with Crippen LogP contribution in [0.25, 0.3) is 0 Å². The molecule has 3 N–H and O–H groups in total. The van der Waals surface area contributed by atoms with Gasteiger partial charge in [-0.2, -0.15) is 0 Å². The summed E-state index contributed by atoms with van der Waals surface area (Å²) >= 11 is 5.88. The van der Waals surface area contributed by atoms with Crippen molar-refractivity contribution in [3.63, 3.8) is 0 Å². The number of ether oxygens (including phenoxy) is 1. The molecule has 16 heavy (non-hydrogen) atoms. The van der Waals surface area contributed by atoms with Crippen LogP contribution in [0.1, 0.15) is 25.8 Å². The van der Waals surface area contributed by atoms with Crippen molar-refractivity contribution < 1.29 is 4.74 Å². The molecule has 4 heteroatoms. The Kier molecular flexibility index (Phi) is 4.62. The highest BCUT2D eigenvalue weighted by molar-refractivity contribution is 6.30. The Labute approximate surface area is 101 Å². The number of amidine groups is 1. The molecule has 1 atom stereocenters. The summed E-state index contributed by atoms with van der Waals surface area (Å²) in [4.78, 5) is 0. The molecule has 1 aromatic rings. The number of hydrogen-bond donors (Lipinski definition) is 2. The molecule has 0 fully saturated rings. The summed E-state index contributed by atoms with van der Waals surface area (Å²) < 4.78 is 5.63. The largest absolute Gasteiger partial charge is 0.492 e. The smallest absolute Gasteiger partial charge is 0.131 e. The molecule has 3 nitrogen and oxygen atoms in total. The van der Waals surface area contributed by atoms with Gasteiger partial charge in [0, 0.05) is 5.02 Å². The van der Waals surface area contributed by atoms with Gasteiger partial charge in [-0.1, -0.05) is 31.9 Å². The molecule has 0 aliphatic carbocycles. The van der Waals surface area contributed by atoms with Gasteiger partial charge in [-0.15, -0.1) is 0 Å². The molecular weight excluding hydrogens is 224 g/mol. The zero-order valence-electron chi connectivity index (χ0n) is 9.59. The van der Waals surface area contributed by atoms with E-state index in [2.05, 4.69) is 13.8 Å². The Morgan fingerprint density at radius 2 is 2.25 bits per heavy atom. The number of nitrogens with one attached hydrogen (secondary N) is 1. The second-order valence-corrected chi connectivity index (χ2v) is 4.32. The first-order chi connectivity index (χ1) is 7.54. The zero-order valence-corrected chi connectivity index (χ0v) is 10.3. The van der Waals surface area contributed by atoms with E-state index in [1.807, 2.05) is 0 Å². The number of hydrogen-bond acceptors (Lipinski definition) is 2. The SMILES string of the molecule is CCC(C)COc1cc(Cl)ccc1C(=N)N. The van der Waals surface area contributed by atoms with Crippen LogP contribution in [0.4, 0.5) is 0 Å². The summed E-state index contributed by atoms with van der Waals surface area (Å²) in [5.41, 5.74) is 6.05. The number of rotatable bonds is 5. The quantitative estimate of drug-likeness (QED) is 0.614. The number of nitrogen functional groups attached to an aromatic ring is 1. The van der Waals surface area contributed by atoms with E-state index in [0.717, 1.165) is 6.42 Å². The van der Waals surface area contributed by atoms with E-state index in [4.69, 9.17) is 27.5 Å². The minimum absolute atomic E-state index is 0.00387. The van der Waals surface area contributed by atoms with Crippen molar-refractivity contribution in [1.82, 2.24) is 0 Å². The Bertz CT molecular complexity index is 379. The average molecular weight is 241 g/mol. The minimum atomic E-state index is -0.00387. The maximum absolute atomic E-state index is 7.43. The lowest BCUT2D eigenvalue weighted by atomic mass is 10.1. The molecule has 0 aromatic heterocycles. The van der Waals surface area contributed by atoms with Crippen LogP contribution in [0.15, 0.2) is 18.2 Å². The molecule has 0 radical (unpaired) electrons. The fraction of sp³-hybridized carbons (Fsp3) is 0.417. The average Bonchev–Trinajstić information content (AvgIpc) is 2.25. The first-order valence-electron chi connectivity index (χ1n) is 5.31. The third kappa shape index (κ3) is 3.42. The number of halogens is 1. The first kappa shape index (κ1) is 12.8. The number of nitrogens with two attached hydrogens (primary N) is 1. The van der Waals surface area contributed by atoms with Crippen molar-refractivity contribution in [2.24, 2.45) is 11.7 Å². The van der Waals surface area contributed by atoms with Gasteiger partial charge in [0.1, 0.15) is 11.6 Å². The van der Waals surface area contributed by atoms with Gasteiger partial charge < -0.3 is 10.5 Å². The molecule has 0 spiro atoms. The Balaban J connectivity index is 2.84. The fourth-order valence-electron chi connectivity index (χ4n) is 1.19. The van der Waals surface area contributed by atoms with Crippen molar-refractivity contribution in [3.05, 3.63) is 28.8 Å². The van der Waals surface area contributed by atoms with E-state index in [-0.39, 0.29) is 5.84 Å². The maximum atomic E-state index is 7.43. The molecule has 0 bridgehead atoms. The van der Waals surface area contributed by atoms with Crippen molar-refractivity contribution in [2.45, 2.75) is 20.3 Å². The lowest BCUT2D eigenvalue weighted by Gasteiger charge is -2.14. The number of benzene rings is 1. The molecule has 0 saturated heterocycles. The van der Waals surface area contributed by atoms with Crippen LogP contribution in [0.2, 0.25) is 5.02 Å². The topological polar surface area (TPSA) is 59.1 Å². The predicted molar refractivity (Wildman–Crippen MR) is 67.4 cm³/mol. The van der Waals surface area contributed by atoms with Crippen LogP contribution >= 0.6 is 11.6 Å². The summed E-state index contributed by atoms with van der Waals surface area (Å²) in [6, 6.07) is 5.10. The van der Waals surface area contributed by atoms with Crippen LogP contribution in [-0.4, -0.2) is 12.4 Å². The normalized spacial score (nSPS) is 12.2. The summed E-state index contributed by atoms with van der Waals surface area (Å²) in [7, 11) is 0. The first-order valence-corrected chi connectivity index (χ1v) is 5.69. The van der Waals surface area contributed by atoms with Crippen LogP contribution < -0.4 is 10.5 Å². The monoisotopic (exact) mass is 240 g/mol. The standard InChI is InChI=1S/C12H17ClN2O/c1-3-8(2)7-16-11-6-9(13)4-5-10(11)12(14)15/h4-6,8H,3,7H2,1-2H3,(H3,14,15). The van der Waals surface area contributed by atoms with E-state index in [1.54, 1.807) is 18.2 Å². The van der Waals surface area contributed by atoms with Gasteiger partial charge in [0.2, 0.25) is 0 Å². The lowest BCUT2D eigenvalue weighted by molar-refractivity contribution is 0.256. The summed E-state index contributed by atoms with van der Waals surface area (Å²) in [6.45, 7) is 4.83. The van der Waals surface area contributed by atoms with E-state index in [0.29, 0.717) is 28.9 Å².